The second-order valence-corrected chi connectivity index (χ2v) is 12.7. The minimum absolute atomic E-state index is 0. The van der Waals surface area contributed by atoms with Crippen LogP contribution in [0.4, 0.5) is 10.2 Å². The van der Waals surface area contributed by atoms with Crippen LogP contribution in [0.3, 0.4) is 0 Å². The van der Waals surface area contributed by atoms with Crippen LogP contribution in [-0.2, 0) is 9.73 Å². The number of pyridine rings is 1. The molecular weight excluding hydrogens is 497 g/mol. The van der Waals surface area contributed by atoms with Crippen LogP contribution in [0.2, 0.25) is 0 Å². The van der Waals surface area contributed by atoms with Crippen LogP contribution in [0.1, 0.15) is 74.3 Å². The van der Waals surface area contributed by atoms with Crippen molar-refractivity contribution in [1.29, 1.82) is 0 Å². The summed E-state index contributed by atoms with van der Waals surface area (Å²) in [5, 5.41) is 13.6. The van der Waals surface area contributed by atoms with Crippen molar-refractivity contribution in [3.05, 3.63) is 54.1 Å². The molecule has 3 atom stereocenters. The van der Waals surface area contributed by atoms with E-state index in [0.717, 1.165) is 51.3 Å². The number of hydrogen-bond donors (Lipinski definition) is 2. The highest BCUT2D eigenvalue weighted by atomic mass is 32.2. The van der Waals surface area contributed by atoms with Gasteiger partial charge in [0.05, 0.1) is 32.9 Å². The third-order valence-electron chi connectivity index (χ3n) is 7.11. The highest BCUT2D eigenvalue weighted by molar-refractivity contribution is 7.93. The van der Waals surface area contributed by atoms with Gasteiger partial charge in [-0.25, -0.2) is 13.6 Å². The Kier molecular flexibility index (Phi) is 8.23. The maximum absolute atomic E-state index is 14.1. The number of aromatic amines is 1. The van der Waals surface area contributed by atoms with E-state index in [1.54, 1.807) is 18.3 Å². The van der Waals surface area contributed by atoms with Crippen LogP contribution in [0.5, 0.6) is 0 Å². The van der Waals surface area contributed by atoms with Gasteiger partial charge in [-0.3, -0.25) is 5.10 Å². The lowest BCUT2D eigenvalue weighted by molar-refractivity contribution is 0.427. The normalized spacial score (nSPS) is 24.1. The molecule has 2 aromatic carbocycles. The van der Waals surface area contributed by atoms with Crippen molar-refractivity contribution < 1.29 is 10.0 Å². The standard InChI is InChI=1S/C26H28FN5OS.2C2H6.H2/c1-15(2)24-23(16-4-6-18(27)7-5-16)20-10-17-12-28-31-22(17)11-21(20)25(29-24)32-34(33)13-19-8-9-26(3,14-34)30-19;2*1-2;/h4-7,10-12,15,19,30H,8-9,13-14H2,1-3H3,(H,28,31);2*1-2H3;1H/t19-,26-,34?;;;/m1.../s1. The lowest BCUT2D eigenvalue weighted by Crippen LogP contribution is -2.53. The molecule has 0 radical (unpaired) electrons. The molecule has 0 saturated carbocycles. The Labute approximate surface area is 227 Å². The number of fused-ring (bicyclic) bond motifs is 4. The van der Waals surface area contributed by atoms with E-state index >= 15 is 0 Å². The van der Waals surface area contributed by atoms with E-state index in [4.69, 9.17) is 9.35 Å². The Balaban J connectivity index is 0.000000805. The summed E-state index contributed by atoms with van der Waals surface area (Å²) in [7, 11) is -2.47. The Morgan fingerprint density at radius 3 is 2.50 bits per heavy atom. The van der Waals surface area contributed by atoms with Gasteiger partial charge in [0.1, 0.15) is 5.82 Å². The summed E-state index contributed by atoms with van der Waals surface area (Å²) < 4.78 is 32.7. The minimum atomic E-state index is -2.47. The van der Waals surface area contributed by atoms with Crippen LogP contribution >= 0.6 is 0 Å². The summed E-state index contributed by atoms with van der Waals surface area (Å²) in [6, 6.07) is 10.9. The molecule has 0 aliphatic carbocycles. The van der Waals surface area contributed by atoms with Crippen molar-refractivity contribution in [2.75, 3.05) is 11.5 Å². The van der Waals surface area contributed by atoms with E-state index in [2.05, 4.69) is 42.4 Å². The second-order valence-electron chi connectivity index (χ2n) is 10.3. The van der Waals surface area contributed by atoms with Crippen molar-refractivity contribution in [3.8, 4) is 11.1 Å². The molecule has 2 N–H and O–H groups in total. The van der Waals surface area contributed by atoms with Gasteiger partial charge >= 0.3 is 0 Å². The number of benzene rings is 2. The molecule has 0 amide bonds. The molecule has 6 nitrogen and oxygen atoms in total. The Bertz CT molecular complexity index is 1560. The maximum atomic E-state index is 14.1. The van der Waals surface area contributed by atoms with E-state index in [1.807, 2.05) is 33.8 Å². The Morgan fingerprint density at radius 1 is 1.13 bits per heavy atom. The van der Waals surface area contributed by atoms with E-state index in [0.29, 0.717) is 17.3 Å². The van der Waals surface area contributed by atoms with Gasteiger partial charge in [0, 0.05) is 35.1 Å². The van der Waals surface area contributed by atoms with E-state index in [1.165, 1.54) is 12.1 Å². The van der Waals surface area contributed by atoms with Gasteiger partial charge in [-0.05, 0) is 60.9 Å². The third kappa shape index (κ3) is 5.34. The molecule has 2 saturated heterocycles. The van der Waals surface area contributed by atoms with Crippen molar-refractivity contribution in [3.63, 3.8) is 0 Å². The Hall–Kier alpha value is -2.84. The monoisotopic (exact) mass is 539 g/mol. The molecule has 2 bridgehead atoms. The van der Waals surface area contributed by atoms with Crippen LogP contribution < -0.4 is 5.32 Å². The quantitative estimate of drug-likeness (QED) is 0.277. The van der Waals surface area contributed by atoms with Crippen molar-refractivity contribution in [1.82, 2.24) is 20.5 Å². The fraction of sp³-hybridized carbons (Fsp3) is 0.467. The summed E-state index contributed by atoms with van der Waals surface area (Å²) in [5.74, 6) is 1.42. The first-order chi connectivity index (χ1) is 18.2. The fourth-order valence-electron chi connectivity index (χ4n) is 5.63. The van der Waals surface area contributed by atoms with Gasteiger partial charge in [0.25, 0.3) is 0 Å². The van der Waals surface area contributed by atoms with Gasteiger partial charge in [-0.1, -0.05) is 53.7 Å². The molecule has 2 fully saturated rings. The van der Waals surface area contributed by atoms with Crippen LogP contribution in [-0.4, -0.2) is 42.5 Å². The molecule has 4 aromatic rings. The zero-order valence-corrected chi connectivity index (χ0v) is 24.4. The molecule has 2 aliphatic heterocycles. The first-order valence-corrected chi connectivity index (χ1v) is 15.6. The molecule has 38 heavy (non-hydrogen) atoms. The topological polar surface area (TPSA) is 83.0 Å². The molecule has 6 rings (SSSR count). The summed E-state index contributed by atoms with van der Waals surface area (Å²) in [4.78, 5) is 5.03. The predicted octanol–water partition coefficient (Wildman–Crippen LogP) is 7.96. The largest absolute Gasteiger partial charge is 0.307 e. The van der Waals surface area contributed by atoms with Crippen LogP contribution in [0.15, 0.2) is 47.0 Å². The molecule has 0 spiro atoms. The van der Waals surface area contributed by atoms with Gasteiger partial charge in [-0.2, -0.15) is 9.46 Å². The van der Waals surface area contributed by atoms with Gasteiger partial charge in [-0.15, -0.1) is 0 Å². The van der Waals surface area contributed by atoms with Crippen LogP contribution in [0, 0.1) is 5.82 Å². The summed E-state index contributed by atoms with van der Waals surface area (Å²) in [6.45, 7) is 14.3. The zero-order chi connectivity index (χ0) is 27.7. The van der Waals surface area contributed by atoms with Crippen LogP contribution in [0.25, 0.3) is 32.8 Å². The maximum Gasteiger partial charge on any atom is 0.169 e. The zero-order valence-electron chi connectivity index (χ0n) is 23.6. The Morgan fingerprint density at radius 2 is 1.84 bits per heavy atom. The van der Waals surface area contributed by atoms with E-state index in [9.17, 15) is 8.60 Å². The summed E-state index contributed by atoms with van der Waals surface area (Å²) in [6.07, 6.45) is 3.85. The summed E-state index contributed by atoms with van der Waals surface area (Å²) >= 11 is 0. The number of rotatable bonds is 3. The van der Waals surface area contributed by atoms with Crippen molar-refractivity contribution in [2.24, 2.45) is 4.36 Å². The molecule has 2 aromatic heterocycles. The number of nitrogens with zero attached hydrogens (tertiary/aromatic N) is 3. The number of halogens is 1. The average molecular weight is 540 g/mol. The van der Waals surface area contributed by atoms with Gasteiger partial charge in [0.2, 0.25) is 0 Å². The van der Waals surface area contributed by atoms with Crippen molar-refractivity contribution in [2.45, 2.75) is 78.8 Å². The van der Waals surface area contributed by atoms with Gasteiger partial charge in [0.15, 0.2) is 5.82 Å². The lowest BCUT2D eigenvalue weighted by atomic mass is 9.92. The van der Waals surface area contributed by atoms with E-state index in [-0.39, 0.29) is 24.7 Å². The summed E-state index contributed by atoms with van der Waals surface area (Å²) in [5.41, 5.74) is 3.46. The molecule has 1 unspecified atom stereocenters. The first kappa shape index (κ1) is 28.2. The average Bonchev–Trinajstić information content (AvgIpc) is 3.48. The first-order valence-electron chi connectivity index (χ1n) is 13.8. The molecule has 8 heteroatoms. The molecule has 206 valence electrons. The number of aromatic nitrogens is 3. The highest BCUT2D eigenvalue weighted by Crippen LogP contribution is 2.41. The molecule has 2 aliphatic rings. The smallest absolute Gasteiger partial charge is 0.169 e. The number of hydrogen-bond acceptors (Lipinski definition) is 5. The minimum Gasteiger partial charge on any atom is -0.307 e. The molecule has 4 heterocycles. The van der Waals surface area contributed by atoms with E-state index < -0.39 is 9.73 Å². The predicted molar refractivity (Wildman–Crippen MR) is 160 cm³/mol. The number of nitrogens with one attached hydrogen (secondary N) is 2. The fourth-order valence-corrected chi connectivity index (χ4v) is 8.44. The third-order valence-corrected chi connectivity index (χ3v) is 9.62. The number of H-pyrrole nitrogens is 1. The highest BCUT2D eigenvalue weighted by Gasteiger charge is 2.43. The van der Waals surface area contributed by atoms with Gasteiger partial charge < -0.3 is 5.32 Å². The SMILES string of the molecule is CC.CC.CC(C)c1nc(N=S2(=O)C[C@H]3CC[C@](C)(C2)N3)c2cc3[nH]ncc3cc2c1-c1ccc(F)cc1.[HH]. The lowest BCUT2D eigenvalue weighted by Gasteiger charge is -2.32. The van der Waals surface area contributed by atoms with Crippen molar-refractivity contribution >= 4 is 37.2 Å². The molecular formula is C30H42FN5OS. The second kappa shape index (κ2) is 11.1.